The largest absolute Gasteiger partial charge is 0.489 e. The summed E-state index contributed by atoms with van der Waals surface area (Å²) in [5, 5.41) is 16.3. The average Bonchev–Trinajstić information content (AvgIpc) is 3.22. The first-order chi connectivity index (χ1) is 16.8. The van der Waals surface area contributed by atoms with Crippen LogP contribution in [-0.2, 0) is 17.6 Å². The number of fused-ring (bicyclic) bond motifs is 1. The quantitative estimate of drug-likeness (QED) is 0.421. The van der Waals surface area contributed by atoms with Gasteiger partial charge in [0.05, 0.1) is 24.4 Å². The number of aliphatic hydroxyl groups is 1. The van der Waals surface area contributed by atoms with Gasteiger partial charge < -0.3 is 25.4 Å². The number of nitrogens with one attached hydrogen (secondary N) is 1. The lowest BCUT2D eigenvalue weighted by Gasteiger charge is -2.19. The number of hydrogen-bond donors (Lipinski definition) is 3. The molecule has 1 aliphatic rings. The summed E-state index contributed by atoms with van der Waals surface area (Å²) in [6.07, 6.45) is 1.17. The molecule has 35 heavy (non-hydrogen) atoms. The Labute approximate surface area is 205 Å². The molecule has 0 bridgehead atoms. The second kappa shape index (κ2) is 10.9. The minimum atomic E-state index is -0.549. The van der Waals surface area contributed by atoms with Gasteiger partial charge in [-0.2, -0.15) is 4.98 Å². The molecule has 0 aliphatic carbocycles. The summed E-state index contributed by atoms with van der Waals surface area (Å²) in [6, 6.07) is 11.7. The Hall–Kier alpha value is -3.43. The van der Waals surface area contributed by atoms with Crippen LogP contribution >= 0.6 is 0 Å². The van der Waals surface area contributed by atoms with Gasteiger partial charge in [0.2, 0.25) is 11.7 Å². The molecule has 9 nitrogen and oxygen atoms in total. The number of benzene rings is 2. The standard InChI is InChI=1S/C26H33N5O4/c1-16(2)34-23-7-6-21(13-22(23)27)26-29-25(30-35-26)20-5-4-18-8-10-31(11-9-19(18)12-20)15-24(33)28-14-17(3)32/h4-7,12-13,16-17,32H,8-11,14-15,27H2,1-3H3,(H,28,33)/t17-/m0/s1. The first kappa shape index (κ1) is 24.7. The lowest BCUT2D eigenvalue weighted by atomic mass is 10.00. The molecule has 1 amide bonds. The molecule has 0 radical (unpaired) electrons. The van der Waals surface area contributed by atoms with Crippen molar-refractivity contribution in [2.75, 3.05) is 31.9 Å². The van der Waals surface area contributed by atoms with Gasteiger partial charge >= 0.3 is 0 Å². The van der Waals surface area contributed by atoms with E-state index in [9.17, 15) is 9.90 Å². The molecule has 4 rings (SSSR count). The van der Waals surface area contributed by atoms with Crippen LogP contribution in [0.15, 0.2) is 40.9 Å². The molecule has 1 atom stereocenters. The van der Waals surface area contributed by atoms with Gasteiger partial charge in [-0.3, -0.25) is 9.69 Å². The van der Waals surface area contributed by atoms with Crippen molar-refractivity contribution in [2.24, 2.45) is 0 Å². The molecule has 186 valence electrons. The van der Waals surface area contributed by atoms with Crippen molar-refractivity contribution in [3.8, 4) is 28.6 Å². The molecule has 3 aromatic rings. The van der Waals surface area contributed by atoms with Gasteiger partial charge in [0, 0.05) is 30.8 Å². The molecule has 2 aromatic carbocycles. The predicted octanol–water partition coefficient (Wildman–Crippen LogP) is 2.67. The van der Waals surface area contributed by atoms with E-state index in [1.807, 2.05) is 32.0 Å². The Bertz CT molecular complexity index is 1170. The van der Waals surface area contributed by atoms with Crippen LogP contribution in [0.1, 0.15) is 31.9 Å². The van der Waals surface area contributed by atoms with Gasteiger partial charge in [0.25, 0.3) is 5.89 Å². The Morgan fingerprint density at radius 3 is 2.60 bits per heavy atom. The van der Waals surface area contributed by atoms with Gasteiger partial charge in [-0.1, -0.05) is 17.3 Å². The molecule has 0 saturated carbocycles. The molecule has 0 saturated heterocycles. The summed E-state index contributed by atoms with van der Waals surface area (Å²) in [6.45, 7) is 7.73. The van der Waals surface area contributed by atoms with Crippen molar-refractivity contribution in [3.05, 3.63) is 47.5 Å². The van der Waals surface area contributed by atoms with Gasteiger partial charge in [0.15, 0.2) is 0 Å². The topological polar surface area (TPSA) is 127 Å². The van der Waals surface area contributed by atoms with Gasteiger partial charge in [0.1, 0.15) is 5.75 Å². The first-order valence-electron chi connectivity index (χ1n) is 12.0. The number of nitrogen functional groups attached to an aromatic ring is 1. The highest BCUT2D eigenvalue weighted by Crippen LogP contribution is 2.30. The monoisotopic (exact) mass is 479 g/mol. The number of hydrogen-bond acceptors (Lipinski definition) is 8. The molecule has 1 aromatic heterocycles. The highest BCUT2D eigenvalue weighted by molar-refractivity contribution is 5.78. The Balaban J connectivity index is 1.44. The lowest BCUT2D eigenvalue weighted by Crippen LogP contribution is -2.40. The van der Waals surface area contributed by atoms with Crippen LogP contribution in [0.2, 0.25) is 0 Å². The number of rotatable bonds is 8. The highest BCUT2D eigenvalue weighted by Gasteiger charge is 2.19. The second-order valence-corrected chi connectivity index (χ2v) is 9.26. The molecule has 2 heterocycles. The van der Waals surface area contributed by atoms with Crippen molar-refractivity contribution in [1.29, 1.82) is 0 Å². The van der Waals surface area contributed by atoms with E-state index in [2.05, 4.69) is 32.5 Å². The number of aromatic nitrogens is 2. The maximum absolute atomic E-state index is 12.1. The summed E-state index contributed by atoms with van der Waals surface area (Å²) in [7, 11) is 0. The van der Waals surface area contributed by atoms with E-state index in [1.165, 1.54) is 11.1 Å². The van der Waals surface area contributed by atoms with E-state index in [-0.39, 0.29) is 18.6 Å². The summed E-state index contributed by atoms with van der Waals surface area (Å²) in [4.78, 5) is 18.9. The number of nitrogens with zero attached hydrogens (tertiary/aromatic N) is 3. The van der Waals surface area contributed by atoms with E-state index >= 15 is 0 Å². The number of ether oxygens (including phenoxy) is 1. The number of carbonyl (C=O) groups is 1. The molecular weight excluding hydrogens is 446 g/mol. The molecule has 1 aliphatic heterocycles. The van der Waals surface area contributed by atoms with E-state index in [0.29, 0.717) is 29.7 Å². The highest BCUT2D eigenvalue weighted by atomic mass is 16.5. The van der Waals surface area contributed by atoms with E-state index in [0.717, 1.165) is 37.1 Å². The second-order valence-electron chi connectivity index (χ2n) is 9.26. The third kappa shape index (κ3) is 6.37. The lowest BCUT2D eigenvalue weighted by molar-refractivity contribution is -0.122. The zero-order chi connectivity index (χ0) is 24.9. The number of anilines is 1. The predicted molar refractivity (Wildman–Crippen MR) is 134 cm³/mol. The van der Waals surface area contributed by atoms with Crippen molar-refractivity contribution in [1.82, 2.24) is 20.4 Å². The smallest absolute Gasteiger partial charge is 0.258 e. The fourth-order valence-corrected chi connectivity index (χ4v) is 4.09. The van der Waals surface area contributed by atoms with E-state index in [1.54, 1.807) is 13.0 Å². The summed E-state index contributed by atoms with van der Waals surface area (Å²) < 4.78 is 11.2. The normalized spacial score (nSPS) is 14.9. The zero-order valence-electron chi connectivity index (χ0n) is 20.5. The van der Waals surface area contributed by atoms with Crippen molar-refractivity contribution in [2.45, 2.75) is 45.8 Å². The van der Waals surface area contributed by atoms with Crippen LogP contribution in [-0.4, -0.2) is 64.4 Å². The minimum absolute atomic E-state index is 0.0330. The van der Waals surface area contributed by atoms with Gasteiger partial charge in [-0.25, -0.2) is 0 Å². The molecule has 4 N–H and O–H groups in total. The average molecular weight is 480 g/mol. The molecule has 0 spiro atoms. The number of nitrogens with two attached hydrogens (primary N) is 1. The Morgan fingerprint density at radius 2 is 1.89 bits per heavy atom. The van der Waals surface area contributed by atoms with Crippen molar-refractivity contribution < 1.29 is 19.2 Å². The third-order valence-electron chi connectivity index (χ3n) is 5.87. The molecule has 0 fully saturated rings. The first-order valence-corrected chi connectivity index (χ1v) is 12.0. The van der Waals surface area contributed by atoms with Crippen LogP contribution in [0.5, 0.6) is 5.75 Å². The Kier molecular flexibility index (Phi) is 7.67. The number of aliphatic hydroxyl groups excluding tert-OH is 1. The molecule has 9 heteroatoms. The van der Waals surface area contributed by atoms with Crippen molar-refractivity contribution in [3.63, 3.8) is 0 Å². The Morgan fingerprint density at radius 1 is 1.14 bits per heavy atom. The van der Waals surface area contributed by atoms with Gasteiger partial charge in [-0.05, 0) is 69.0 Å². The number of amides is 1. The van der Waals surface area contributed by atoms with Crippen molar-refractivity contribution >= 4 is 11.6 Å². The summed E-state index contributed by atoms with van der Waals surface area (Å²) in [5.74, 6) is 1.47. The summed E-state index contributed by atoms with van der Waals surface area (Å²) in [5.41, 5.74) is 10.8. The van der Waals surface area contributed by atoms with Crippen LogP contribution in [0.4, 0.5) is 5.69 Å². The maximum Gasteiger partial charge on any atom is 0.258 e. The minimum Gasteiger partial charge on any atom is -0.489 e. The zero-order valence-corrected chi connectivity index (χ0v) is 20.5. The van der Waals surface area contributed by atoms with Crippen LogP contribution in [0, 0.1) is 0 Å². The van der Waals surface area contributed by atoms with Crippen LogP contribution < -0.4 is 15.8 Å². The third-order valence-corrected chi connectivity index (χ3v) is 5.87. The summed E-state index contributed by atoms with van der Waals surface area (Å²) >= 11 is 0. The fraction of sp³-hybridized carbons (Fsp3) is 0.423. The van der Waals surface area contributed by atoms with Crippen LogP contribution in [0.3, 0.4) is 0 Å². The van der Waals surface area contributed by atoms with Crippen LogP contribution in [0.25, 0.3) is 22.8 Å². The molecular formula is C26H33N5O4. The van der Waals surface area contributed by atoms with E-state index in [4.69, 9.17) is 15.0 Å². The SMILES string of the molecule is CC(C)Oc1ccc(-c2nc(-c3ccc4c(c3)CCN(CC(=O)NC[C@H](C)O)CC4)no2)cc1N. The number of carbonyl (C=O) groups excluding carboxylic acids is 1. The fourth-order valence-electron chi connectivity index (χ4n) is 4.09. The van der Waals surface area contributed by atoms with Gasteiger partial charge in [-0.15, -0.1) is 0 Å². The maximum atomic E-state index is 12.1. The van der Waals surface area contributed by atoms with E-state index < -0.39 is 6.10 Å². The molecule has 0 unspecified atom stereocenters.